The zero-order valence-corrected chi connectivity index (χ0v) is 14.9. The van der Waals surface area contributed by atoms with Crippen molar-refractivity contribution in [2.45, 2.75) is 32.6 Å². The second-order valence-corrected chi connectivity index (χ2v) is 6.89. The number of carboxylic acids is 1. The smallest absolute Gasteiger partial charge is 0.306 e. The van der Waals surface area contributed by atoms with Crippen LogP contribution in [-0.4, -0.2) is 44.8 Å². The van der Waals surface area contributed by atoms with Crippen LogP contribution in [0.1, 0.15) is 48.7 Å². The van der Waals surface area contributed by atoms with Crippen LogP contribution in [-0.2, 0) is 4.79 Å². The van der Waals surface area contributed by atoms with Gasteiger partial charge in [-0.15, -0.1) is 0 Å². The van der Waals surface area contributed by atoms with E-state index in [9.17, 15) is 14.0 Å². The molecule has 1 fully saturated rings. The van der Waals surface area contributed by atoms with Crippen molar-refractivity contribution in [3.63, 3.8) is 0 Å². The van der Waals surface area contributed by atoms with E-state index in [1.807, 2.05) is 13.8 Å². The van der Waals surface area contributed by atoms with E-state index in [0.29, 0.717) is 37.2 Å². The van der Waals surface area contributed by atoms with Gasteiger partial charge in [0.15, 0.2) is 0 Å². The molecule has 7 heteroatoms. The van der Waals surface area contributed by atoms with Crippen molar-refractivity contribution in [3.05, 3.63) is 47.5 Å². The molecule has 0 spiro atoms. The van der Waals surface area contributed by atoms with Crippen molar-refractivity contribution in [3.8, 4) is 5.69 Å². The number of likely N-dealkylation sites (tertiary alicyclic amines) is 1. The number of benzene rings is 1. The fourth-order valence-electron chi connectivity index (χ4n) is 3.37. The molecule has 0 bridgehead atoms. The van der Waals surface area contributed by atoms with E-state index >= 15 is 0 Å². The van der Waals surface area contributed by atoms with Gasteiger partial charge in [0.2, 0.25) is 0 Å². The molecule has 2 heterocycles. The van der Waals surface area contributed by atoms with Gasteiger partial charge in [0.05, 0.1) is 29.1 Å². The average molecular weight is 359 g/mol. The van der Waals surface area contributed by atoms with Crippen LogP contribution in [0, 0.1) is 11.7 Å². The van der Waals surface area contributed by atoms with Crippen LogP contribution in [0.2, 0.25) is 0 Å². The molecule has 0 radical (unpaired) electrons. The first-order valence-electron chi connectivity index (χ1n) is 8.74. The molecule has 6 nitrogen and oxygen atoms in total. The molecule has 0 aliphatic carbocycles. The number of hydrogen-bond donors (Lipinski definition) is 1. The molecule has 2 aromatic rings. The van der Waals surface area contributed by atoms with Gasteiger partial charge in [-0.1, -0.05) is 13.8 Å². The zero-order chi connectivity index (χ0) is 18.8. The fourth-order valence-corrected chi connectivity index (χ4v) is 3.37. The minimum absolute atomic E-state index is 0.0399. The summed E-state index contributed by atoms with van der Waals surface area (Å²) in [6.45, 7) is 4.80. The molecule has 1 amide bonds. The monoisotopic (exact) mass is 359 g/mol. The number of rotatable bonds is 4. The number of amides is 1. The number of carbonyl (C=O) groups is 2. The summed E-state index contributed by atoms with van der Waals surface area (Å²) in [4.78, 5) is 25.7. The van der Waals surface area contributed by atoms with Crippen LogP contribution < -0.4 is 0 Å². The van der Waals surface area contributed by atoms with Crippen molar-refractivity contribution in [2.75, 3.05) is 13.1 Å². The topological polar surface area (TPSA) is 75.4 Å². The highest BCUT2D eigenvalue weighted by atomic mass is 19.1. The van der Waals surface area contributed by atoms with Gasteiger partial charge in [-0.3, -0.25) is 9.59 Å². The Balaban J connectivity index is 1.87. The molecular formula is C19H22FN3O3. The summed E-state index contributed by atoms with van der Waals surface area (Å²) in [6.07, 6.45) is 2.47. The summed E-state index contributed by atoms with van der Waals surface area (Å²) >= 11 is 0. The highest BCUT2D eigenvalue weighted by molar-refractivity contribution is 5.95. The van der Waals surface area contributed by atoms with Crippen molar-refractivity contribution >= 4 is 11.9 Å². The number of aliphatic carboxylic acids is 1. The quantitative estimate of drug-likeness (QED) is 0.910. The Kier molecular flexibility index (Phi) is 5.06. The lowest BCUT2D eigenvalue weighted by atomic mass is 9.96. The predicted octanol–water partition coefficient (Wildman–Crippen LogP) is 3.07. The average Bonchev–Trinajstić information content (AvgIpc) is 3.07. The van der Waals surface area contributed by atoms with Gasteiger partial charge in [-0.2, -0.15) is 5.10 Å². The standard InChI is InChI=1S/C19H22FN3O3/c1-12(2)17-16(11-21-23(17)15-5-3-14(20)4-6-15)18(24)22-9-7-13(8-10-22)19(25)26/h3-6,11-13H,7-10H2,1-2H3,(H,25,26). The Morgan fingerprint density at radius 3 is 2.35 bits per heavy atom. The second-order valence-electron chi connectivity index (χ2n) is 6.89. The van der Waals surface area contributed by atoms with Crippen LogP contribution in [0.5, 0.6) is 0 Å². The molecule has 3 rings (SSSR count). The molecule has 1 aromatic carbocycles. The Hall–Kier alpha value is -2.70. The van der Waals surface area contributed by atoms with Crippen LogP contribution in [0.25, 0.3) is 5.69 Å². The third-order valence-corrected chi connectivity index (χ3v) is 4.79. The van der Waals surface area contributed by atoms with Crippen molar-refractivity contribution in [2.24, 2.45) is 5.92 Å². The van der Waals surface area contributed by atoms with Crippen LogP contribution >= 0.6 is 0 Å². The fraction of sp³-hybridized carbons (Fsp3) is 0.421. The van der Waals surface area contributed by atoms with Crippen LogP contribution in [0.3, 0.4) is 0 Å². The molecule has 1 saturated heterocycles. The molecule has 1 N–H and O–H groups in total. The van der Waals surface area contributed by atoms with E-state index in [0.717, 1.165) is 5.69 Å². The SMILES string of the molecule is CC(C)c1c(C(=O)N2CCC(C(=O)O)CC2)cnn1-c1ccc(F)cc1. The first-order valence-corrected chi connectivity index (χ1v) is 8.74. The maximum absolute atomic E-state index is 13.2. The van der Waals surface area contributed by atoms with Gasteiger partial charge in [0.25, 0.3) is 5.91 Å². The molecule has 138 valence electrons. The van der Waals surface area contributed by atoms with E-state index in [1.165, 1.54) is 12.1 Å². The maximum atomic E-state index is 13.2. The van der Waals surface area contributed by atoms with Gasteiger partial charge in [-0.25, -0.2) is 9.07 Å². The number of aromatic nitrogens is 2. The molecule has 1 aromatic heterocycles. The normalized spacial score (nSPS) is 15.5. The minimum atomic E-state index is -0.802. The molecule has 1 aliphatic heterocycles. The summed E-state index contributed by atoms with van der Waals surface area (Å²) in [5.41, 5.74) is 1.97. The molecule has 26 heavy (non-hydrogen) atoms. The number of carbonyl (C=O) groups excluding carboxylic acids is 1. The van der Waals surface area contributed by atoms with E-state index in [4.69, 9.17) is 5.11 Å². The van der Waals surface area contributed by atoms with Crippen molar-refractivity contribution < 1.29 is 19.1 Å². The Morgan fingerprint density at radius 1 is 1.19 bits per heavy atom. The summed E-state index contributed by atoms with van der Waals surface area (Å²) in [6, 6.07) is 5.97. The van der Waals surface area contributed by atoms with E-state index in [-0.39, 0.29) is 23.6 Å². The molecule has 0 atom stereocenters. The summed E-state index contributed by atoms with van der Waals surface area (Å²) in [5.74, 6) is -1.61. The Bertz CT molecular complexity index is 806. The first kappa shape index (κ1) is 18.1. The molecule has 0 unspecified atom stereocenters. The zero-order valence-electron chi connectivity index (χ0n) is 14.9. The lowest BCUT2D eigenvalue weighted by molar-refractivity contribution is -0.143. The maximum Gasteiger partial charge on any atom is 0.306 e. The van der Waals surface area contributed by atoms with Crippen LogP contribution in [0.15, 0.2) is 30.5 Å². The van der Waals surface area contributed by atoms with Gasteiger partial charge >= 0.3 is 5.97 Å². The first-order chi connectivity index (χ1) is 12.4. The highest BCUT2D eigenvalue weighted by Crippen LogP contribution is 2.26. The van der Waals surface area contributed by atoms with Crippen LogP contribution in [0.4, 0.5) is 4.39 Å². The van der Waals surface area contributed by atoms with Gasteiger partial charge in [0, 0.05) is 13.1 Å². The highest BCUT2D eigenvalue weighted by Gasteiger charge is 2.30. The number of piperidine rings is 1. The third kappa shape index (κ3) is 3.47. The molecule has 1 aliphatic rings. The van der Waals surface area contributed by atoms with Crippen molar-refractivity contribution in [1.82, 2.24) is 14.7 Å². The molecular weight excluding hydrogens is 337 g/mol. The van der Waals surface area contributed by atoms with E-state index in [2.05, 4.69) is 5.10 Å². The lowest BCUT2D eigenvalue weighted by Crippen LogP contribution is -2.40. The minimum Gasteiger partial charge on any atom is -0.481 e. The van der Waals surface area contributed by atoms with Gasteiger partial charge in [0.1, 0.15) is 5.82 Å². The number of halogens is 1. The number of nitrogens with zero attached hydrogens (tertiary/aromatic N) is 3. The predicted molar refractivity (Wildman–Crippen MR) is 93.9 cm³/mol. The lowest BCUT2D eigenvalue weighted by Gasteiger charge is -2.30. The van der Waals surface area contributed by atoms with Crippen molar-refractivity contribution in [1.29, 1.82) is 0 Å². The second kappa shape index (κ2) is 7.27. The largest absolute Gasteiger partial charge is 0.481 e. The third-order valence-electron chi connectivity index (χ3n) is 4.79. The molecule has 0 saturated carbocycles. The van der Waals surface area contributed by atoms with E-state index in [1.54, 1.807) is 27.9 Å². The van der Waals surface area contributed by atoms with E-state index < -0.39 is 5.97 Å². The summed E-state index contributed by atoms with van der Waals surface area (Å²) in [7, 11) is 0. The number of hydrogen-bond acceptors (Lipinski definition) is 3. The van der Waals surface area contributed by atoms with Gasteiger partial charge < -0.3 is 10.0 Å². The Labute approximate surface area is 151 Å². The summed E-state index contributed by atoms with van der Waals surface area (Å²) in [5, 5.41) is 13.5. The Morgan fingerprint density at radius 2 is 1.81 bits per heavy atom. The van der Waals surface area contributed by atoms with Gasteiger partial charge in [-0.05, 0) is 43.0 Å². The number of carboxylic acid groups (broad SMARTS) is 1. The summed E-state index contributed by atoms with van der Waals surface area (Å²) < 4.78 is 14.9.